The highest BCUT2D eigenvalue weighted by atomic mass is 16.5. The third-order valence-electron chi connectivity index (χ3n) is 2.64. The zero-order chi connectivity index (χ0) is 11.4. The molecule has 1 saturated heterocycles. The van der Waals surface area contributed by atoms with Crippen molar-refractivity contribution in [3.8, 4) is 0 Å². The summed E-state index contributed by atoms with van der Waals surface area (Å²) >= 11 is 0. The van der Waals surface area contributed by atoms with Crippen LogP contribution in [0.2, 0.25) is 0 Å². The van der Waals surface area contributed by atoms with Gasteiger partial charge < -0.3 is 15.0 Å². The number of carbonyl (C=O) groups excluding carboxylic acids is 1. The van der Waals surface area contributed by atoms with Crippen LogP contribution in [-0.4, -0.2) is 39.3 Å². The minimum Gasteiger partial charge on any atom is -0.378 e. The summed E-state index contributed by atoms with van der Waals surface area (Å²) in [6.45, 7) is 3.21. The standard InChI is InChI=1S/C12H15N2O2/c1-13-12(15)10-3-2-4-11(9-10)14-5-7-16-8-6-14/h3-4,9H,5-8H2,1H3,(H,13,15). The van der Waals surface area contributed by atoms with E-state index >= 15 is 0 Å². The normalized spacial score (nSPS) is 15.9. The molecule has 2 rings (SSSR count). The second kappa shape index (κ2) is 4.99. The predicted octanol–water partition coefficient (Wildman–Crippen LogP) is 0.683. The average molecular weight is 219 g/mol. The number of carbonyl (C=O) groups is 1. The van der Waals surface area contributed by atoms with Gasteiger partial charge in [-0.2, -0.15) is 0 Å². The largest absolute Gasteiger partial charge is 0.378 e. The van der Waals surface area contributed by atoms with E-state index in [1.54, 1.807) is 13.1 Å². The van der Waals surface area contributed by atoms with E-state index in [9.17, 15) is 4.79 Å². The van der Waals surface area contributed by atoms with Gasteiger partial charge >= 0.3 is 0 Å². The highest BCUT2D eigenvalue weighted by Crippen LogP contribution is 2.17. The number of nitrogens with zero attached hydrogens (tertiary/aromatic N) is 1. The summed E-state index contributed by atoms with van der Waals surface area (Å²) in [7, 11) is 1.63. The molecule has 1 aliphatic heterocycles. The third kappa shape index (κ3) is 2.33. The van der Waals surface area contributed by atoms with Gasteiger partial charge in [0.2, 0.25) is 0 Å². The van der Waals surface area contributed by atoms with Crippen molar-refractivity contribution in [3.63, 3.8) is 0 Å². The molecule has 0 unspecified atom stereocenters. The van der Waals surface area contributed by atoms with E-state index in [0.29, 0.717) is 5.56 Å². The van der Waals surface area contributed by atoms with Crippen LogP contribution in [0, 0.1) is 6.07 Å². The van der Waals surface area contributed by atoms with Gasteiger partial charge in [-0.3, -0.25) is 4.79 Å². The Kier molecular flexibility index (Phi) is 3.41. The molecular formula is C12H15N2O2. The van der Waals surface area contributed by atoms with Gasteiger partial charge in [0.15, 0.2) is 0 Å². The number of hydrogen-bond donors (Lipinski definition) is 1. The van der Waals surface area contributed by atoms with Crippen molar-refractivity contribution in [2.75, 3.05) is 38.3 Å². The molecule has 1 heterocycles. The highest BCUT2D eigenvalue weighted by Gasteiger charge is 2.12. The third-order valence-corrected chi connectivity index (χ3v) is 2.64. The number of benzene rings is 1. The van der Waals surface area contributed by atoms with E-state index in [0.717, 1.165) is 32.0 Å². The van der Waals surface area contributed by atoms with Crippen LogP contribution in [-0.2, 0) is 4.74 Å². The molecular weight excluding hydrogens is 204 g/mol. The molecule has 1 N–H and O–H groups in total. The van der Waals surface area contributed by atoms with Gasteiger partial charge in [0, 0.05) is 31.4 Å². The molecule has 1 aliphatic rings. The molecule has 4 heteroatoms. The van der Waals surface area contributed by atoms with Crippen molar-refractivity contribution in [3.05, 3.63) is 29.8 Å². The fourth-order valence-corrected chi connectivity index (χ4v) is 1.74. The molecule has 16 heavy (non-hydrogen) atoms. The Labute approximate surface area is 95.2 Å². The van der Waals surface area contributed by atoms with E-state index in [1.165, 1.54) is 0 Å². The quantitative estimate of drug-likeness (QED) is 0.795. The van der Waals surface area contributed by atoms with Crippen molar-refractivity contribution in [1.82, 2.24) is 5.32 Å². The lowest BCUT2D eigenvalue weighted by Crippen LogP contribution is -2.36. The van der Waals surface area contributed by atoms with Crippen molar-refractivity contribution in [2.24, 2.45) is 0 Å². The minimum atomic E-state index is -0.0774. The highest BCUT2D eigenvalue weighted by molar-refractivity contribution is 5.94. The Morgan fingerprint density at radius 3 is 2.88 bits per heavy atom. The topological polar surface area (TPSA) is 41.6 Å². The number of ether oxygens (including phenoxy) is 1. The van der Waals surface area contributed by atoms with Gasteiger partial charge in [0.05, 0.1) is 13.2 Å². The maximum atomic E-state index is 11.5. The van der Waals surface area contributed by atoms with Gasteiger partial charge in [0.25, 0.3) is 5.91 Å². The number of hydrogen-bond acceptors (Lipinski definition) is 3. The first-order chi connectivity index (χ1) is 7.81. The molecule has 0 saturated carbocycles. The molecule has 0 aliphatic carbocycles. The first-order valence-corrected chi connectivity index (χ1v) is 5.37. The van der Waals surface area contributed by atoms with E-state index in [1.807, 2.05) is 12.1 Å². The molecule has 1 fully saturated rings. The summed E-state index contributed by atoms with van der Waals surface area (Å²) in [5, 5.41) is 2.61. The van der Waals surface area contributed by atoms with E-state index < -0.39 is 0 Å². The molecule has 4 nitrogen and oxygen atoms in total. The smallest absolute Gasteiger partial charge is 0.251 e. The number of rotatable bonds is 2. The summed E-state index contributed by atoms with van der Waals surface area (Å²) < 4.78 is 5.29. The van der Waals surface area contributed by atoms with Gasteiger partial charge in [-0.15, -0.1) is 0 Å². The lowest BCUT2D eigenvalue weighted by atomic mass is 10.1. The van der Waals surface area contributed by atoms with Crippen LogP contribution in [0.25, 0.3) is 0 Å². The molecule has 0 aromatic heterocycles. The van der Waals surface area contributed by atoms with Crippen LogP contribution in [0.5, 0.6) is 0 Å². The van der Waals surface area contributed by atoms with Crippen molar-refractivity contribution in [2.45, 2.75) is 0 Å². The maximum Gasteiger partial charge on any atom is 0.251 e. The number of anilines is 1. The van der Waals surface area contributed by atoms with Crippen LogP contribution < -0.4 is 10.2 Å². The van der Waals surface area contributed by atoms with Crippen molar-refractivity contribution < 1.29 is 9.53 Å². The van der Waals surface area contributed by atoms with Crippen molar-refractivity contribution >= 4 is 11.6 Å². The van der Waals surface area contributed by atoms with Crippen molar-refractivity contribution in [1.29, 1.82) is 0 Å². The van der Waals surface area contributed by atoms with Gasteiger partial charge in [-0.25, -0.2) is 0 Å². The first kappa shape index (κ1) is 11.0. The van der Waals surface area contributed by atoms with E-state index in [4.69, 9.17) is 4.74 Å². The molecule has 1 aromatic carbocycles. The SMILES string of the molecule is CNC(=O)c1c[c]cc(N2CCOCC2)c1. The van der Waals surface area contributed by atoms with E-state index in [2.05, 4.69) is 16.3 Å². The van der Waals surface area contributed by atoms with Crippen LogP contribution in [0.4, 0.5) is 5.69 Å². The monoisotopic (exact) mass is 219 g/mol. The Balaban J connectivity index is 2.17. The number of nitrogens with one attached hydrogen (secondary N) is 1. The molecule has 85 valence electrons. The lowest BCUT2D eigenvalue weighted by molar-refractivity contribution is 0.0963. The predicted molar refractivity (Wildman–Crippen MR) is 61.7 cm³/mol. The van der Waals surface area contributed by atoms with E-state index in [-0.39, 0.29) is 5.91 Å². The molecule has 0 atom stereocenters. The Hall–Kier alpha value is -1.55. The average Bonchev–Trinajstić information content (AvgIpc) is 2.39. The fraction of sp³-hybridized carbons (Fsp3) is 0.417. The summed E-state index contributed by atoms with van der Waals surface area (Å²) in [6.07, 6.45) is 0. The Bertz CT molecular complexity index is 373. The maximum absolute atomic E-state index is 11.5. The number of morpholine rings is 1. The molecule has 1 radical (unpaired) electrons. The van der Waals surface area contributed by atoms with Crippen LogP contribution >= 0.6 is 0 Å². The number of amides is 1. The fourth-order valence-electron chi connectivity index (χ4n) is 1.74. The molecule has 0 spiro atoms. The zero-order valence-corrected chi connectivity index (χ0v) is 9.32. The summed E-state index contributed by atoms with van der Waals surface area (Å²) in [6, 6.07) is 8.49. The minimum absolute atomic E-state index is 0.0774. The van der Waals surface area contributed by atoms with Crippen LogP contribution in [0.1, 0.15) is 10.4 Å². The lowest BCUT2D eigenvalue weighted by Gasteiger charge is -2.29. The summed E-state index contributed by atoms with van der Waals surface area (Å²) in [5.41, 5.74) is 1.68. The molecule has 1 aromatic rings. The van der Waals surface area contributed by atoms with Crippen LogP contribution in [0.15, 0.2) is 18.2 Å². The molecule has 0 bridgehead atoms. The summed E-state index contributed by atoms with van der Waals surface area (Å²) in [5.74, 6) is -0.0774. The second-order valence-electron chi connectivity index (χ2n) is 3.66. The Morgan fingerprint density at radius 1 is 1.44 bits per heavy atom. The van der Waals surface area contributed by atoms with Gasteiger partial charge in [0.1, 0.15) is 0 Å². The van der Waals surface area contributed by atoms with Crippen LogP contribution in [0.3, 0.4) is 0 Å². The second-order valence-corrected chi connectivity index (χ2v) is 3.66. The van der Waals surface area contributed by atoms with Gasteiger partial charge in [-0.05, 0) is 24.3 Å². The zero-order valence-electron chi connectivity index (χ0n) is 9.32. The van der Waals surface area contributed by atoms with Gasteiger partial charge in [-0.1, -0.05) is 0 Å². The Morgan fingerprint density at radius 2 is 2.19 bits per heavy atom. The molecule has 1 amide bonds. The summed E-state index contributed by atoms with van der Waals surface area (Å²) in [4.78, 5) is 13.7. The first-order valence-electron chi connectivity index (χ1n) is 5.37.